The highest BCUT2D eigenvalue weighted by atomic mass is 32.7. The molecular formula is C13H19O4PS. The maximum atomic E-state index is 12.3. The summed E-state index contributed by atoms with van der Waals surface area (Å²) in [6.45, 7) is 2.53. The van der Waals surface area contributed by atoms with Crippen LogP contribution in [-0.4, -0.2) is 24.2 Å². The van der Waals surface area contributed by atoms with Gasteiger partial charge in [-0.1, -0.05) is 30.3 Å². The van der Waals surface area contributed by atoms with Crippen molar-refractivity contribution in [3.8, 4) is 0 Å². The first kappa shape index (κ1) is 16.4. The highest BCUT2D eigenvalue weighted by Crippen LogP contribution is 2.62. The quantitative estimate of drug-likeness (QED) is 0.533. The van der Waals surface area contributed by atoms with Gasteiger partial charge in [-0.25, -0.2) is 4.57 Å². The third kappa shape index (κ3) is 5.11. The summed E-state index contributed by atoms with van der Waals surface area (Å²) in [5, 5.41) is -0.480. The minimum absolute atomic E-state index is 0.0785. The molecule has 0 bridgehead atoms. The lowest BCUT2D eigenvalue weighted by molar-refractivity contribution is 0.0993. The summed E-state index contributed by atoms with van der Waals surface area (Å²) >= 11 is 0.961. The first-order valence-corrected chi connectivity index (χ1v) is 9.22. The van der Waals surface area contributed by atoms with Gasteiger partial charge in [0.15, 0.2) is 5.78 Å². The monoisotopic (exact) mass is 302 g/mol. The molecule has 1 atom stereocenters. The van der Waals surface area contributed by atoms with Crippen molar-refractivity contribution < 1.29 is 18.4 Å². The molecule has 0 saturated carbocycles. The number of Topliss-reactive ketones (excluding diaryl/α,β-unsaturated/α-hetero) is 1. The van der Waals surface area contributed by atoms with Crippen LogP contribution in [0.3, 0.4) is 0 Å². The van der Waals surface area contributed by atoms with Crippen molar-refractivity contribution >= 4 is 24.0 Å². The van der Waals surface area contributed by atoms with Gasteiger partial charge in [-0.3, -0.25) is 4.79 Å². The summed E-state index contributed by atoms with van der Waals surface area (Å²) in [5.41, 5.74) is 0.599. The third-order valence-corrected chi connectivity index (χ3v) is 6.58. The van der Waals surface area contributed by atoms with Crippen LogP contribution in [-0.2, 0) is 13.6 Å². The zero-order valence-corrected chi connectivity index (χ0v) is 13.1. The van der Waals surface area contributed by atoms with E-state index in [1.807, 2.05) is 6.07 Å². The second-order valence-electron chi connectivity index (χ2n) is 3.76. The van der Waals surface area contributed by atoms with Crippen LogP contribution >= 0.6 is 18.2 Å². The molecule has 0 N–H and O–H groups in total. The summed E-state index contributed by atoms with van der Waals surface area (Å²) in [5.74, 6) is -0.0785. The van der Waals surface area contributed by atoms with Gasteiger partial charge in [0.2, 0.25) is 0 Å². The maximum absolute atomic E-state index is 12.3. The molecule has 1 aromatic carbocycles. The van der Waals surface area contributed by atoms with Gasteiger partial charge < -0.3 is 9.05 Å². The van der Waals surface area contributed by atoms with Crippen LogP contribution in [0.1, 0.15) is 31.1 Å². The Hall–Kier alpha value is -0.610. The second kappa shape index (κ2) is 7.85. The Bertz CT molecular complexity index is 439. The molecule has 0 spiro atoms. The largest absolute Gasteiger partial charge is 0.389 e. The molecule has 19 heavy (non-hydrogen) atoms. The van der Waals surface area contributed by atoms with Gasteiger partial charge in [-0.2, -0.15) is 0 Å². The molecule has 1 unspecified atom stereocenters. The molecule has 0 heterocycles. The molecule has 0 fully saturated rings. The minimum atomic E-state index is -3.25. The van der Waals surface area contributed by atoms with E-state index in [1.54, 1.807) is 45.0 Å². The number of rotatable bonds is 8. The summed E-state index contributed by atoms with van der Waals surface area (Å²) < 4.78 is 22.7. The molecule has 4 nitrogen and oxygen atoms in total. The fourth-order valence-electron chi connectivity index (χ4n) is 1.49. The Morgan fingerprint density at radius 1 is 1.21 bits per heavy atom. The molecule has 1 aromatic rings. The van der Waals surface area contributed by atoms with Crippen LogP contribution in [0.15, 0.2) is 30.3 Å². The van der Waals surface area contributed by atoms with Crippen LogP contribution in [0.2, 0.25) is 0 Å². The summed E-state index contributed by atoms with van der Waals surface area (Å²) in [4.78, 5) is 12.2. The smallest absolute Gasteiger partial charge is 0.301 e. The van der Waals surface area contributed by atoms with Crippen molar-refractivity contribution in [1.82, 2.24) is 0 Å². The molecule has 106 valence electrons. The van der Waals surface area contributed by atoms with Crippen molar-refractivity contribution in [2.45, 2.75) is 26.0 Å². The third-order valence-electron chi connectivity index (χ3n) is 2.29. The SMILES string of the molecule is CCOP(=O)(OCC)SC(C)C(=O)c1ccccc1. The van der Waals surface area contributed by atoms with Gasteiger partial charge in [0.05, 0.1) is 18.5 Å². The predicted octanol–water partition coefficient (Wildman–Crippen LogP) is 4.17. The van der Waals surface area contributed by atoms with Gasteiger partial charge in [0, 0.05) is 5.56 Å². The van der Waals surface area contributed by atoms with Crippen molar-refractivity contribution in [3.05, 3.63) is 35.9 Å². The molecule has 6 heteroatoms. The van der Waals surface area contributed by atoms with Crippen LogP contribution in [0.4, 0.5) is 0 Å². The molecule has 0 aliphatic rings. The Balaban J connectivity index is 2.75. The van der Waals surface area contributed by atoms with Crippen molar-refractivity contribution in [3.63, 3.8) is 0 Å². The molecule has 0 aliphatic heterocycles. The average Bonchev–Trinajstić information content (AvgIpc) is 2.39. The van der Waals surface area contributed by atoms with Crippen LogP contribution in [0.5, 0.6) is 0 Å². The van der Waals surface area contributed by atoms with E-state index in [2.05, 4.69) is 0 Å². The zero-order chi connectivity index (χ0) is 14.3. The van der Waals surface area contributed by atoms with Gasteiger partial charge in [-0.05, 0) is 32.2 Å². The molecule has 0 amide bonds. The second-order valence-corrected chi connectivity index (χ2v) is 8.06. The van der Waals surface area contributed by atoms with E-state index in [-0.39, 0.29) is 19.0 Å². The van der Waals surface area contributed by atoms with Crippen molar-refractivity contribution in [2.75, 3.05) is 13.2 Å². The van der Waals surface area contributed by atoms with E-state index in [0.717, 1.165) is 11.4 Å². The zero-order valence-electron chi connectivity index (χ0n) is 11.4. The predicted molar refractivity (Wildman–Crippen MR) is 78.7 cm³/mol. The maximum Gasteiger partial charge on any atom is 0.389 e. The summed E-state index contributed by atoms with van der Waals surface area (Å²) in [7, 11) is 0. The molecule has 0 aromatic heterocycles. The number of hydrogen-bond donors (Lipinski definition) is 0. The number of carbonyl (C=O) groups excluding carboxylic acids is 1. The Morgan fingerprint density at radius 3 is 2.21 bits per heavy atom. The van der Waals surface area contributed by atoms with Crippen LogP contribution < -0.4 is 0 Å². The molecule has 0 aliphatic carbocycles. The van der Waals surface area contributed by atoms with Crippen molar-refractivity contribution in [1.29, 1.82) is 0 Å². The normalized spacial score (nSPS) is 13.2. The minimum Gasteiger partial charge on any atom is -0.301 e. The first-order valence-electron chi connectivity index (χ1n) is 6.19. The molecule has 1 rings (SSSR count). The standard InChI is InChI=1S/C13H19O4PS/c1-4-16-18(15,17-5-2)19-11(3)13(14)12-9-7-6-8-10-12/h6-11H,4-5H2,1-3H3. The number of carbonyl (C=O) groups is 1. The fourth-order valence-corrected chi connectivity index (χ4v) is 5.39. The van der Waals surface area contributed by atoms with Crippen LogP contribution in [0.25, 0.3) is 0 Å². The lowest BCUT2D eigenvalue weighted by atomic mass is 10.1. The highest BCUT2D eigenvalue weighted by Gasteiger charge is 2.31. The van der Waals surface area contributed by atoms with E-state index in [1.165, 1.54) is 0 Å². The molecule has 0 saturated heterocycles. The summed E-state index contributed by atoms with van der Waals surface area (Å²) in [6.07, 6.45) is 0. The van der Waals surface area contributed by atoms with E-state index in [9.17, 15) is 9.36 Å². The number of ketones is 1. The van der Waals surface area contributed by atoms with E-state index < -0.39 is 12.0 Å². The Labute approximate surface area is 118 Å². The summed E-state index contributed by atoms with van der Waals surface area (Å²) in [6, 6.07) is 8.93. The molecular weight excluding hydrogens is 283 g/mol. The Morgan fingerprint density at radius 2 is 1.74 bits per heavy atom. The Kier molecular flexibility index (Phi) is 6.80. The molecule has 0 radical (unpaired) electrons. The lowest BCUT2D eigenvalue weighted by Crippen LogP contribution is -2.14. The van der Waals surface area contributed by atoms with Crippen molar-refractivity contribution in [2.24, 2.45) is 0 Å². The number of hydrogen-bond acceptors (Lipinski definition) is 5. The first-order chi connectivity index (χ1) is 9.02. The highest BCUT2D eigenvalue weighted by molar-refractivity contribution is 8.55. The topological polar surface area (TPSA) is 52.6 Å². The van der Waals surface area contributed by atoms with Crippen LogP contribution in [0, 0.1) is 0 Å². The van der Waals surface area contributed by atoms with Gasteiger partial charge >= 0.3 is 6.80 Å². The van der Waals surface area contributed by atoms with Gasteiger partial charge in [0.1, 0.15) is 0 Å². The van der Waals surface area contributed by atoms with E-state index >= 15 is 0 Å². The lowest BCUT2D eigenvalue weighted by Gasteiger charge is -2.19. The number of benzene rings is 1. The fraction of sp³-hybridized carbons (Fsp3) is 0.462. The van der Waals surface area contributed by atoms with E-state index in [4.69, 9.17) is 9.05 Å². The van der Waals surface area contributed by atoms with Gasteiger partial charge in [0.25, 0.3) is 0 Å². The van der Waals surface area contributed by atoms with Gasteiger partial charge in [-0.15, -0.1) is 0 Å². The average molecular weight is 302 g/mol. The van der Waals surface area contributed by atoms with E-state index in [0.29, 0.717) is 5.56 Å².